The van der Waals surface area contributed by atoms with E-state index in [1.807, 2.05) is 6.20 Å². The van der Waals surface area contributed by atoms with Crippen LogP contribution in [0.2, 0.25) is 19.6 Å². The van der Waals surface area contributed by atoms with Gasteiger partial charge in [-0.15, -0.1) is 0 Å². The molecule has 3 aromatic carbocycles. The summed E-state index contributed by atoms with van der Waals surface area (Å²) in [4.78, 5) is 5.00. The summed E-state index contributed by atoms with van der Waals surface area (Å²) < 4.78 is 6.56. The van der Waals surface area contributed by atoms with E-state index < -0.39 is 8.07 Å². The standard InChI is InChI=1S/C35H37NOSi/c1-34(2,3)28-19-25(17-22-11-9-10-12-27(22)28)33-32-24(15-16-36-33)18-29(35(32,4)5)31-20-23-13-14-26(38(6,7)8)21-30(23)37-31/h9-21H,1-8H3. The summed E-state index contributed by atoms with van der Waals surface area (Å²) in [5.41, 5.74) is 8.06. The van der Waals surface area contributed by atoms with E-state index in [4.69, 9.17) is 9.40 Å². The van der Waals surface area contributed by atoms with E-state index in [1.54, 1.807) is 0 Å². The average molecular weight is 516 g/mol. The van der Waals surface area contributed by atoms with Crippen LogP contribution in [-0.4, -0.2) is 13.1 Å². The lowest BCUT2D eigenvalue weighted by Crippen LogP contribution is -2.37. The van der Waals surface area contributed by atoms with Gasteiger partial charge in [-0.3, -0.25) is 4.98 Å². The lowest BCUT2D eigenvalue weighted by Gasteiger charge is -2.27. The Bertz CT molecular complexity index is 1760. The number of hydrogen-bond acceptors (Lipinski definition) is 2. The van der Waals surface area contributed by atoms with Gasteiger partial charge in [0.05, 0.1) is 13.8 Å². The van der Waals surface area contributed by atoms with E-state index in [-0.39, 0.29) is 10.8 Å². The second-order valence-corrected chi connectivity index (χ2v) is 18.5. The van der Waals surface area contributed by atoms with Crippen LogP contribution < -0.4 is 5.19 Å². The molecule has 192 valence electrons. The summed E-state index contributed by atoms with van der Waals surface area (Å²) in [5.74, 6) is 0.953. The smallest absolute Gasteiger partial charge is 0.134 e. The Balaban J connectivity index is 1.49. The lowest BCUT2D eigenvalue weighted by molar-refractivity contribution is 0.577. The summed E-state index contributed by atoms with van der Waals surface area (Å²) in [7, 11) is -1.42. The fourth-order valence-electron chi connectivity index (χ4n) is 6.02. The summed E-state index contributed by atoms with van der Waals surface area (Å²) in [6, 6.07) is 24.5. The third-order valence-electron chi connectivity index (χ3n) is 8.18. The van der Waals surface area contributed by atoms with E-state index in [1.165, 1.54) is 43.8 Å². The second-order valence-electron chi connectivity index (χ2n) is 13.4. The van der Waals surface area contributed by atoms with Crippen molar-refractivity contribution < 1.29 is 4.42 Å². The number of pyridine rings is 1. The van der Waals surface area contributed by atoms with Crippen molar-refractivity contribution in [3.63, 3.8) is 0 Å². The first-order valence-electron chi connectivity index (χ1n) is 13.6. The topological polar surface area (TPSA) is 26.0 Å². The largest absolute Gasteiger partial charge is 0.456 e. The van der Waals surface area contributed by atoms with Crippen molar-refractivity contribution in [1.29, 1.82) is 0 Å². The molecule has 38 heavy (non-hydrogen) atoms. The summed E-state index contributed by atoms with van der Waals surface area (Å²) in [6.07, 6.45) is 4.26. The molecule has 0 fully saturated rings. The molecule has 0 radical (unpaired) electrons. The molecule has 1 aliphatic carbocycles. The highest BCUT2D eigenvalue weighted by Crippen LogP contribution is 2.50. The predicted octanol–water partition coefficient (Wildman–Crippen LogP) is 9.32. The molecule has 0 amide bonds. The van der Waals surface area contributed by atoms with Gasteiger partial charge in [0.1, 0.15) is 11.3 Å². The molecule has 0 spiro atoms. The van der Waals surface area contributed by atoms with Crippen molar-refractivity contribution in [3.8, 4) is 11.3 Å². The van der Waals surface area contributed by atoms with Crippen LogP contribution in [0.5, 0.6) is 0 Å². The van der Waals surface area contributed by atoms with Gasteiger partial charge in [0.2, 0.25) is 0 Å². The zero-order valence-electron chi connectivity index (χ0n) is 23.9. The van der Waals surface area contributed by atoms with Crippen molar-refractivity contribution in [1.82, 2.24) is 4.98 Å². The fraction of sp³-hybridized carbons (Fsp3) is 0.286. The fourth-order valence-corrected chi connectivity index (χ4v) is 7.17. The number of rotatable bonds is 3. The molecule has 0 bridgehead atoms. The van der Waals surface area contributed by atoms with Crippen molar-refractivity contribution in [2.75, 3.05) is 0 Å². The maximum Gasteiger partial charge on any atom is 0.134 e. The molecule has 3 heteroatoms. The minimum Gasteiger partial charge on any atom is -0.456 e. The predicted molar refractivity (Wildman–Crippen MR) is 166 cm³/mol. The molecule has 2 nitrogen and oxygen atoms in total. The molecule has 0 N–H and O–H groups in total. The van der Waals surface area contributed by atoms with Crippen molar-refractivity contribution in [3.05, 3.63) is 95.4 Å². The molecule has 1 aliphatic rings. The van der Waals surface area contributed by atoms with Crippen LogP contribution in [-0.2, 0) is 10.8 Å². The van der Waals surface area contributed by atoms with Gasteiger partial charge >= 0.3 is 0 Å². The minimum absolute atomic E-state index is 0.0233. The monoisotopic (exact) mass is 515 g/mol. The Kier molecular flexibility index (Phi) is 5.42. The van der Waals surface area contributed by atoms with Crippen LogP contribution in [0.3, 0.4) is 0 Å². The molecule has 6 rings (SSSR count). The molecule has 0 aliphatic heterocycles. The van der Waals surface area contributed by atoms with E-state index in [0.717, 1.165) is 22.4 Å². The van der Waals surface area contributed by atoms with Crippen molar-refractivity contribution in [2.24, 2.45) is 0 Å². The van der Waals surface area contributed by atoms with Crippen molar-refractivity contribution >= 4 is 46.7 Å². The van der Waals surface area contributed by atoms with Gasteiger partial charge < -0.3 is 4.42 Å². The van der Waals surface area contributed by atoms with Gasteiger partial charge in [-0.05, 0) is 69.3 Å². The molecule has 0 saturated carbocycles. The summed E-state index contributed by atoms with van der Waals surface area (Å²) in [6.45, 7) is 18.6. The molecule has 0 saturated heterocycles. The Hall–Kier alpha value is -3.43. The summed E-state index contributed by atoms with van der Waals surface area (Å²) in [5, 5.41) is 5.16. The highest BCUT2D eigenvalue weighted by atomic mass is 28.3. The first-order valence-corrected chi connectivity index (χ1v) is 17.1. The quantitative estimate of drug-likeness (QED) is 0.224. The molecule has 2 heterocycles. The van der Waals surface area contributed by atoms with Crippen LogP contribution in [0.15, 0.2) is 77.3 Å². The van der Waals surface area contributed by atoms with Gasteiger partial charge in [-0.2, -0.15) is 0 Å². The van der Waals surface area contributed by atoms with Crippen LogP contribution in [0.4, 0.5) is 0 Å². The number of benzene rings is 3. The van der Waals surface area contributed by atoms with Gasteiger partial charge in [0.25, 0.3) is 0 Å². The highest BCUT2D eigenvalue weighted by Gasteiger charge is 2.38. The van der Waals surface area contributed by atoms with Crippen LogP contribution in [0.1, 0.15) is 57.1 Å². The number of aromatic nitrogens is 1. The number of fused-ring (bicyclic) bond motifs is 3. The Morgan fingerprint density at radius 1 is 0.842 bits per heavy atom. The van der Waals surface area contributed by atoms with Gasteiger partial charge in [-0.1, -0.05) is 95.8 Å². The molecule has 2 aromatic heterocycles. The lowest BCUT2D eigenvalue weighted by atomic mass is 9.77. The highest BCUT2D eigenvalue weighted by molar-refractivity contribution is 6.88. The zero-order chi connectivity index (χ0) is 27.0. The normalized spacial score (nSPS) is 15.2. The number of allylic oxidation sites excluding steroid dienone is 1. The first-order chi connectivity index (χ1) is 17.8. The van der Waals surface area contributed by atoms with Crippen molar-refractivity contribution in [2.45, 2.75) is 65.1 Å². The van der Waals surface area contributed by atoms with E-state index in [9.17, 15) is 0 Å². The molecular weight excluding hydrogens is 478 g/mol. The average Bonchev–Trinajstić information content (AvgIpc) is 3.39. The van der Waals surface area contributed by atoms with Crippen LogP contribution in [0.25, 0.3) is 44.6 Å². The number of furan rings is 1. The molecular formula is C35H37NOSi. The third-order valence-corrected chi connectivity index (χ3v) is 10.2. The number of nitrogens with zero attached hydrogens (tertiary/aromatic N) is 1. The van der Waals surface area contributed by atoms with Crippen LogP contribution in [0, 0.1) is 0 Å². The van der Waals surface area contributed by atoms with E-state index in [2.05, 4.69) is 127 Å². The van der Waals surface area contributed by atoms with E-state index >= 15 is 0 Å². The molecule has 5 aromatic rings. The molecule has 0 atom stereocenters. The molecule has 0 unspecified atom stereocenters. The second kappa shape index (κ2) is 8.28. The Morgan fingerprint density at radius 3 is 2.34 bits per heavy atom. The van der Waals surface area contributed by atoms with E-state index in [0.29, 0.717) is 0 Å². The number of hydrogen-bond donors (Lipinski definition) is 0. The van der Waals surface area contributed by atoms with Gasteiger partial charge in [-0.25, -0.2) is 0 Å². The maximum atomic E-state index is 6.56. The van der Waals surface area contributed by atoms with Gasteiger partial charge in [0, 0.05) is 28.1 Å². The van der Waals surface area contributed by atoms with Gasteiger partial charge in [0.15, 0.2) is 0 Å². The minimum atomic E-state index is -1.42. The third kappa shape index (κ3) is 3.96. The SMILES string of the molecule is CC(C)(C)c1cc(-c2nccc3c2C(C)(C)C(c2cc4ccc([Si](C)(C)C)cc4o2)=C3)cc2ccccc12. The van der Waals surface area contributed by atoms with Crippen LogP contribution >= 0.6 is 0 Å². The zero-order valence-corrected chi connectivity index (χ0v) is 24.9. The Morgan fingerprint density at radius 2 is 1.61 bits per heavy atom. The Labute approximate surface area is 227 Å². The summed E-state index contributed by atoms with van der Waals surface area (Å²) >= 11 is 0. The maximum absolute atomic E-state index is 6.56. The first kappa shape index (κ1) is 24.9.